The molecule has 11 heteroatoms. The van der Waals surface area contributed by atoms with E-state index in [0.717, 1.165) is 18.9 Å². The van der Waals surface area contributed by atoms with Gasteiger partial charge in [0.05, 0.1) is 23.9 Å². The van der Waals surface area contributed by atoms with Crippen molar-refractivity contribution in [2.75, 3.05) is 31.6 Å². The number of benzene rings is 1. The van der Waals surface area contributed by atoms with Crippen molar-refractivity contribution in [2.24, 2.45) is 17.6 Å². The van der Waals surface area contributed by atoms with Gasteiger partial charge in [0.1, 0.15) is 11.3 Å². The molecular weight excluding hydrogens is 422 g/mol. The Morgan fingerprint density at radius 3 is 2.48 bits per heavy atom. The highest BCUT2D eigenvalue weighted by atomic mass is 19.4. The normalized spacial score (nSPS) is 21.7. The van der Waals surface area contributed by atoms with Crippen molar-refractivity contribution >= 4 is 22.6 Å². The molecule has 2 fully saturated rings. The maximum absolute atomic E-state index is 15.2. The molecule has 1 aromatic heterocycles. The predicted octanol–water partition coefficient (Wildman–Crippen LogP) is 2.76. The molecule has 168 valence electrons. The monoisotopic (exact) mass is 443 g/mol. The number of pyridine rings is 1. The summed E-state index contributed by atoms with van der Waals surface area (Å²) in [5.74, 6) is -5.13. The number of aromatic carboxylic acids is 1. The van der Waals surface area contributed by atoms with Crippen LogP contribution in [0.25, 0.3) is 10.9 Å². The van der Waals surface area contributed by atoms with E-state index in [9.17, 15) is 27.9 Å². The molecule has 1 aromatic carbocycles. The van der Waals surface area contributed by atoms with Gasteiger partial charge in [-0.05, 0) is 25.5 Å². The summed E-state index contributed by atoms with van der Waals surface area (Å²) in [6.45, 7) is -0.835. The minimum atomic E-state index is -4.49. The highest BCUT2D eigenvalue weighted by Crippen LogP contribution is 2.46. The predicted molar refractivity (Wildman–Crippen MR) is 104 cm³/mol. The van der Waals surface area contributed by atoms with Crippen molar-refractivity contribution in [3.05, 3.63) is 33.9 Å². The Balaban J connectivity index is 1.95. The van der Waals surface area contributed by atoms with Gasteiger partial charge in [0, 0.05) is 31.2 Å². The summed E-state index contributed by atoms with van der Waals surface area (Å²) in [6.07, 6.45) is -1.85. The van der Waals surface area contributed by atoms with Crippen LogP contribution in [0.4, 0.5) is 23.2 Å². The molecule has 7 nitrogen and oxygen atoms in total. The van der Waals surface area contributed by atoms with Gasteiger partial charge in [-0.15, -0.1) is 0 Å². The first-order valence-electron chi connectivity index (χ1n) is 9.78. The van der Waals surface area contributed by atoms with E-state index < -0.39 is 47.3 Å². The van der Waals surface area contributed by atoms with Crippen molar-refractivity contribution in [2.45, 2.75) is 25.1 Å². The first-order chi connectivity index (χ1) is 14.6. The smallest absolute Gasteiger partial charge is 0.393 e. The lowest BCUT2D eigenvalue weighted by Crippen LogP contribution is -2.33. The van der Waals surface area contributed by atoms with Crippen molar-refractivity contribution in [1.29, 1.82) is 0 Å². The molecule has 0 amide bonds. The molecular formula is C20H21F4N3O4. The molecule has 1 saturated carbocycles. The zero-order valence-electron chi connectivity index (χ0n) is 16.6. The number of hydrogen-bond acceptors (Lipinski definition) is 5. The number of aromatic nitrogens is 1. The number of carbonyl (C=O) groups is 1. The van der Waals surface area contributed by atoms with Crippen LogP contribution in [0.15, 0.2) is 17.1 Å². The van der Waals surface area contributed by atoms with Crippen LogP contribution < -0.4 is 20.8 Å². The van der Waals surface area contributed by atoms with Crippen molar-refractivity contribution in [1.82, 2.24) is 4.57 Å². The Bertz CT molecular complexity index is 1110. The van der Waals surface area contributed by atoms with E-state index in [4.69, 9.17) is 10.5 Å². The second kappa shape index (κ2) is 7.40. The third kappa shape index (κ3) is 3.50. The molecule has 31 heavy (non-hydrogen) atoms. The Labute approximate surface area is 174 Å². The molecule has 0 spiro atoms. The van der Waals surface area contributed by atoms with Gasteiger partial charge in [0.25, 0.3) is 0 Å². The summed E-state index contributed by atoms with van der Waals surface area (Å²) < 4.78 is 62.6. The van der Waals surface area contributed by atoms with Crippen molar-refractivity contribution in [3.8, 4) is 5.75 Å². The summed E-state index contributed by atoms with van der Waals surface area (Å²) in [7, 11) is 1.24. The quantitative estimate of drug-likeness (QED) is 0.690. The largest absolute Gasteiger partial charge is 0.492 e. The SMILES string of the molecule is COc1c(N2C[C@@H](CN)[C@H](C(F)(F)F)C2)c(F)cc2c(=O)c(C(=O)O)cn(C3CC3)c12. The lowest BCUT2D eigenvalue weighted by Gasteiger charge is -2.25. The topological polar surface area (TPSA) is 97.8 Å². The summed E-state index contributed by atoms with van der Waals surface area (Å²) >= 11 is 0. The fourth-order valence-corrected chi connectivity index (χ4v) is 4.39. The van der Waals surface area contributed by atoms with E-state index >= 15 is 4.39 Å². The number of methoxy groups -OCH3 is 1. The summed E-state index contributed by atoms with van der Waals surface area (Å²) in [6, 6.07) is 0.783. The number of alkyl halides is 3. The number of anilines is 1. The van der Waals surface area contributed by atoms with Gasteiger partial charge < -0.3 is 25.0 Å². The zero-order valence-corrected chi connectivity index (χ0v) is 16.6. The Kier molecular flexibility index (Phi) is 5.11. The number of fused-ring (bicyclic) bond motifs is 1. The van der Waals surface area contributed by atoms with Crippen molar-refractivity contribution < 1.29 is 32.2 Å². The molecule has 0 radical (unpaired) electrons. The molecule has 1 aliphatic heterocycles. The molecule has 2 aromatic rings. The summed E-state index contributed by atoms with van der Waals surface area (Å²) in [4.78, 5) is 25.5. The van der Waals surface area contributed by atoms with Gasteiger partial charge in [-0.25, -0.2) is 9.18 Å². The Morgan fingerprint density at radius 2 is 2.00 bits per heavy atom. The number of ether oxygens (including phenoxy) is 1. The summed E-state index contributed by atoms with van der Waals surface area (Å²) in [5, 5.41) is 9.18. The van der Waals surface area contributed by atoms with Gasteiger partial charge in [0.15, 0.2) is 11.6 Å². The van der Waals surface area contributed by atoms with Gasteiger partial charge in [-0.1, -0.05) is 0 Å². The second-order valence-corrected chi connectivity index (χ2v) is 8.00. The third-order valence-electron chi connectivity index (χ3n) is 6.05. The van der Waals surface area contributed by atoms with E-state index in [1.54, 1.807) is 4.57 Å². The van der Waals surface area contributed by atoms with Gasteiger partial charge >= 0.3 is 12.1 Å². The minimum Gasteiger partial charge on any atom is -0.492 e. The van der Waals surface area contributed by atoms with Crippen LogP contribution in [-0.4, -0.2) is 48.6 Å². The highest BCUT2D eigenvalue weighted by molar-refractivity contribution is 5.97. The summed E-state index contributed by atoms with van der Waals surface area (Å²) in [5.41, 5.74) is 4.16. The number of rotatable bonds is 5. The Morgan fingerprint density at radius 1 is 1.32 bits per heavy atom. The average Bonchev–Trinajstić information content (AvgIpc) is 3.44. The van der Waals surface area contributed by atoms with E-state index in [-0.39, 0.29) is 41.5 Å². The van der Waals surface area contributed by atoms with E-state index in [1.807, 2.05) is 0 Å². The fourth-order valence-electron chi connectivity index (χ4n) is 4.39. The number of carboxylic acid groups (broad SMARTS) is 1. The molecule has 0 unspecified atom stereocenters. The molecule has 1 aliphatic carbocycles. The second-order valence-electron chi connectivity index (χ2n) is 8.00. The molecule has 2 aliphatic rings. The number of nitrogens with two attached hydrogens (primary N) is 1. The fraction of sp³-hybridized carbons (Fsp3) is 0.500. The molecule has 0 bridgehead atoms. The number of halogens is 4. The van der Waals surface area contributed by atoms with Gasteiger partial charge in [0.2, 0.25) is 5.43 Å². The van der Waals surface area contributed by atoms with Crippen LogP contribution in [0.3, 0.4) is 0 Å². The van der Waals surface area contributed by atoms with E-state index in [1.165, 1.54) is 18.2 Å². The third-order valence-corrected chi connectivity index (χ3v) is 6.05. The van der Waals surface area contributed by atoms with Crippen LogP contribution in [-0.2, 0) is 0 Å². The van der Waals surface area contributed by atoms with E-state index in [2.05, 4.69) is 0 Å². The average molecular weight is 443 g/mol. The molecule has 1 saturated heterocycles. The maximum Gasteiger partial charge on any atom is 0.393 e. The Hall–Kier alpha value is -2.82. The molecule has 3 N–H and O–H groups in total. The molecule has 2 heterocycles. The standard InChI is InChI=1S/C20H21F4N3O4/c1-31-18-15-11(17(28)12(19(29)30)7-27(15)10-2-3-10)4-14(21)16(18)26-6-9(5-25)13(8-26)20(22,23)24/h4,7,9-10,13H,2-3,5-6,8,25H2,1H3,(H,29,30)/t9-,13-/m1/s1. The van der Waals surface area contributed by atoms with Gasteiger partial charge in [-0.3, -0.25) is 4.79 Å². The van der Waals surface area contributed by atoms with Crippen LogP contribution in [0.1, 0.15) is 29.2 Å². The van der Waals surface area contributed by atoms with Crippen LogP contribution in [0, 0.1) is 17.7 Å². The van der Waals surface area contributed by atoms with Crippen molar-refractivity contribution in [3.63, 3.8) is 0 Å². The lowest BCUT2D eigenvalue weighted by atomic mass is 9.96. The van der Waals surface area contributed by atoms with Crippen LogP contribution >= 0.6 is 0 Å². The number of nitrogens with zero attached hydrogens (tertiary/aromatic N) is 2. The number of carboxylic acids is 1. The first-order valence-corrected chi connectivity index (χ1v) is 9.78. The maximum atomic E-state index is 15.2. The minimum absolute atomic E-state index is 0.0884. The first kappa shape index (κ1) is 21.4. The molecule has 2 atom stereocenters. The van der Waals surface area contributed by atoms with Crippen LogP contribution in [0.5, 0.6) is 5.75 Å². The van der Waals surface area contributed by atoms with Gasteiger partial charge in [-0.2, -0.15) is 13.2 Å². The number of hydrogen-bond donors (Lipinski definition) is 2. The lowest BCUT2D eigenvalue weighted by molar-refractivity contribution is -0.178. The van der Waals surface area contributed by atoms with E-state index in [0.29, 0.717) is 0 Å². The highest BCUT2D eigenvalue weighted by Gasteiger charge is 2.50. The zero-order chi connectivity index (χ0) is 22.7. The molecule has 4 rings (SSSR count). The van der Waals surface area contributed by atoms with Crippen LogP contribution in [0.2, 0.25) is 0 Å².